The molecule has 0 saturated heterocycles. The summed E-state index contributed by atoms with van der Waals surface area (Å²) in [6.45, 7) is 0.651. The van der Waals surface area contributed by atoms with Gasteiger partial charge >= 0.3 is 11.9 Å². The topological polar surface area (TPSA) is 93.1 Å². The number of benzene rings is 4. The Morgan fingerprint density at radius 1 is 0.511 bits per heavy atom. The fourth-order valence-corrected chi connectivity index (χ4v) is 5.87. The molecule has 2 N–H and O–H groups in total. The van der Waals surface area contributed by atoms with Gasteiger partial charge in [0.25, 0.3) is 0 Å². The van der Waals surface area contributed by atoms with Crippen LogP contribution in [0.4, 0.5) is 0 Å². The molecule has 6 nitrogen and oxygen atoms in total. The van der Waals surface area contributed by atoms with Gasteiger partial charge < -0.3 is 19.7 Å². The van der Waals surface area contributed by atoms with Gasteiger partial charge in [-0.15, -0.1) is 0 Å². The molecular formula is C38H42O6S. The van der Waals surface area contributed by atoms with Gasteiger partial charge in [-0.25, -0.2) is 9.59 Å². The minimum Gasteiger partial charge on any atom is -0.507 e. The molecule has 0 aromatic heterocycles. The summed E-state index contributed by atoms with van der Waals surface area (Å²) in [5.41, 5.74) is 3.28. The summed E-state index contributed by atoms with van der Waals surface area (Å²) in [5.74, 6) is -1.03. The molecule has 45 heavy (non-hydrogen) atoms. The van der Waals surface area contributed by atoms with Crippen LogP contribution in [0.25, 0.3) is 0 Å². The molecule has 0 spiro atoms. The van der Waals surface area contributed by atoms with Crippen LogP contribution in [-0.4, -0.2) is 35.4 Å². The quantitative estimate of drug-likeness (QED) is 0.0840. The smallest absolute Gasteiger partial charge is 0.338 e. The van der Waals surface area contributed by atoms with Crippen LogP contribution in [0.1, 0.15) is 83.2 Å². The maximum absolute atomic E-state index is 12.7. The van der Waals surface area contributed by atoms with Crippen molar-refractivity contribution in [3.05, 3.63) is 119 Å². The van der Waals surface area contributed by atoms with Crippen molar-refractivity contribution in [2.24, 2.45) is 0 Å². The summed E-state index contributed by atoms with van der Waals surface area (Å²) in [7, 11) is 0. The van der Waals surface area contributed by atoms with Gasteiger partial charge in [-0.1, -0.05) is 98.1 Å². The summed E-state index contributed by atoms with van der Waals surface area (Å²) in [6, 6.07) is 29.7. The Hall–Kier alpha value is -4.23. The van der Waals surface area contributed by atoms with Gasteiger partial charge in [-0.3, -0.25) is 0 Å². The highest BCUT2D eigenvalue weighted by atomic mass is 32.2. The van der Waals surface area contributed by atoms with E-state index in [0.29, 0.717) is 34.1 Å². The Labute approximate surface area is 270 Å². The molecule has 0 fully saturated rings. The molecule has 0 aliphatic rings. The number of unbranched alkanes of at least 4 members (excludes halogenated alkanes) is 6. The van der Waals surface area contributed by atoms with E-state index in [1.165, 1.54) is 47.5 Å². The number of carbonyl (C=O) groups is 2. The molecule has 4 aromatic rings. The third-order valence-electron chi connectivity index (χ3n) is 7.48. The van der Waals surface area contributed by atoms with E-state index in [1.807, 2.05) is 12.1 Å². The number of phenols is 2. The fourth-order valence-electron chi connectivity index (χ4n) is 4.92. The number of aromatic hydroxyl groups is 2. The Balaban J connectivity index is 1.19. The molecular weight excluding hydrogens is 584 g/mol. The lowest BCUT2D eigenvalue weighted by molar-refractivity contribution is 0.0488. The van der Waals surface area contributed by atoms with Crippen LogP contribution < -0.4 is 0 Å². The standard InChI is InChI=1S/C38H42O6S/c39-33-23-21-31(37(41)43-25-13-3-1-7-15-29-17-9-5-10-18-29)27-35(33)45-36-28-32(22-24-34(36)40)38(42)44-26-14-4-2-8-16-30-19-11-6-12-20-30/h5-6,9-12,17-24,27-28,39-40H,1-4,7-8,13-16,25-26H2. The zero-order chi connectivity index (χ0) is 31.7. The lowest BCUT2D eigenvalue weighted by atomic mass is 10.1. The Morgan fingerprint density at radius 3 is 1.33 bits per heavy atom. The van der Waals surface area contributed by atoms with E-state index in [2.05, 4.69) is 48.5 Å². The van der Waals surface area contributed by atoms with Gasteiger partial charge in [-0.05, 0) is 86.1 Å². The molecule has 0 bridgehead atoms. The van der Waals surface area contributed by atoms with E-state index in [1.54, 1.807) is 0 Å². The highest BCUT2D eigenvalue weighted by Crippen LogP contribution is 2.39. The normalized spacial score (nSPS) is 10.8. The molecule has 0 aliphatic heterocycles. The second-order valence-corrected chi connectivity index (χ2v) is 12.1. The number of hydrogen-bond donors (Lipinski definition) is 2. The van der Waals surface area contributed by atoms with E-state index in [9.17, 15) is 19.8 Å². The zero-order valence-corrected chi connectivity index (χ0v) is 26.5. The molecule has 4 rings (SSSR count). The van der Waals surface area contributed by atoms with Crippen molar-refractivity contribution >= 4 is 23.7 Å². The second kappa shape index (κ2) is 18.5. The number of esters is 2. The molecule has 0 aliphatic carbocycles. The van der Waals surface area contributed by atoms with Gasteiger partial charge in [0, 0.05) is 0 Å². The van der Waals surface area contributed by atoms with Crippen molar-refractivity contribution in [3.63, 3.8) is 0 Å². The van der Waals surface area contributed by atoms with Crippen molar-refractivity contribution < 1.29 is 29.3 Å². The molecule has 4 aromatic carbocycles. The maximum Gasteiger partial charge on any atom is 0.338 e. The van der Waals surface area contributed by atoms with Crippen molar-refractivity contribution in [2.75, 3.05) is 13.2 Å². The fraction of sp³-hybridized carbons (Fsp3) is 0.316. The number of carbonyl (C=O) groups excluding carboxylic acids is 2. The number of hydrogen-bond acceptors (Lipinski definition) is 7. The molecule has 0 amide bonds. The van der Waals surface area contributed by atoms with Crippen molar-refractivity contribution in [1.82, 2.24) is 0 Å². The van der Waals surface area contributed by atoms with Crippen LogP contribution in [0.15, 0.2) is 107 Å². The van der Waals surface area contributed by atoms with Gasteiger partial charge in [-0.2, -0.15) is 0 Å². The first-order valence-corrected chi connectivity index (χ1v) is 16.6. The van der Waals surface area contributed by atoms with E-state index < -0.39 is 11.9 Å². The van der Waals surface area contributed by atoms with E-state index >= 15 is 0 Å². The van der Waals surface area contributed by atoms with Crippen molar-refractivity contribution in [1.29, 1.82) is 0 Å². The zero-order valence-electron chi connectivity index (χ0n) is 25.7. The number of phenolic OH excluding ortho intramolecular Hbond substituents is 2. The van der Waals surface area contributed by atoms with Crippen LogP contribution >= 0.6 is 11.8 Å². The third-order valence-corrected chi connectivity index (χ3v) is 8.58. The summed E-state index contributed by atoms with van der Waals surface area (Å²) < 4.78 is 10.9. The first kappa shape index (κ1) is 33.7. The largest absolute Gasteiger partial charge is 0.507 e. The number of aryl methyl sites for hydroxylation is 2. The predicted molar refractivity (Wildman–Crippen MR) is 178 cm³/mol. The minimum absolute atomic E-state index is 0.0467. The highest BCUT2D eigenvalue weighted by molar-refractivity contribution is 7.99. The highest BCUT2D eigenvalue weighted by Gasteiger charge is 2.16. The summed E-state index contributed by atoms with van der Waals surface area (Å²) >= 11 is 1.06. The predicted octanol–water partition coefficient (Wildman–Crippen LogP) is 9.17. The van der Waals surface area contributed by atoms with Crippen molar-refractivity contribution in [3.8, 4) is 11.5 Å². The average molecular weight is 627 g/mol. The van der Waals surface area contributed by atoms with Gasteiger partial charge in [0.1, 0.15) is 11.5 Å². The third kappa shape index (κ3) is 11.7. The molecule has 0 radical (unpaired) electrons. The molecule has 0 atom stereocenters. The van der Waals surface area contributed by atoms with Crippen LogP contribution in [-0.2, 0) is 22.3 Å². The van der Waals surface area contributed by atoms with Gasteiger partial charge in [0.05, 0.1) is 34.1 Å². The van der Waals surface area contributed by atoms with E-state index in [4.69, 9.17) is 9.47 Å². The monoisotopic (exact) mass is 626 g/mol. The number of rotatable bonds is 18. The Morgan fingerprint density at radius 2 is 0.911 bits per heavy atom. The van der Waals surface area contributed by atoms with Crippen LogP contribution in [0.5, 0.6) is 11.5 Å². The Kier molecular flexibility index (Phi) is 13.9. The maximum atomic E-state index is 12.7. The lowest BCUT2D eigenvalue weighted by Crippen LogP contribution is -2.07. The first-order valence-electron chi connectivity index (χ1n) is 15.8. The molecule has 0 unspecified atom stereocenters. The first-order chi connectivity index (χ1) is 22.0. The summed E-state index contributed by atoms with van der Waals surface area (Å²) in [6.07, 6.45) is 9.93. The van der Waals surface area contributed by atoms with Gasteiger partial charge in [0.2, 0.25) is 0 Å². The SMILES string of the molecule is O=C(OCCCCCCc1ccccc1)c1ccc(O)c(Sc2cc(C(=O)OCCCCCCc3ccccc3)ccc2O)c1. The Bertz CT molecular complexity index is 1380. The van der Waals surface area contributed by atoms with Gasteiger partial charge in [0.15, 0.2) is 0 Å². The summed E-state index contributed by atoms with van der Waals surface area (Å²) in [4.78, 5) is 26.1. The molecule has 236 valence electrons. The minimum atomic E-state index is -0.470. The van der Waals surface area contributed by atoms with Crippen LogP contribution in [0.2, 0.25) is 0 Å². The molecule has 7 heteroatoms. The average Bonchev–Trinajstić information content (AvgIpc) is 3.06. The van der Waals surface area contributed by atoms with Crippen LogP contribution in [0, 0.1) is 0 Å². The number of ether oxygens (including phenoxy) is 2. The van der Waals surface area contributed by atoms with E-state index in [0.717, 1.165) is 76.0 Å². The van der Waals surface area contributed by atoms with Crippen molar-refractivity contribution in [2.45, 2.75) is 74.0 Å². The second-order valence-electron chi connectivity index (χ2n) is 11.0. The molecule has 0 heterocycles. The van der Waals surface area contributed by atoms with E-state index in [-0.39, 0.29) is 11.5 Å². The van der Waals surface area contributed by atoms with Crippen LogP contribution in [0.3, 0.4) is 0 Å². The molecule has 0 saturated carbocycles. The summed E-state index contributed by atoms with van der Waals surface area (Å²) in [5, 5.41) is 20.9. The lowest BCUT2D eigenvalue weighted by Gasteiger charge is -2.11.